The first-order valence-corrected chi connectivity index (χ1v) is 16.9. The van der Waals surface area contributed by atoms with Gasteiger partial charge >= 0.3 is 0 Å². The molecule has 2 unspecified atom stereocenters. The van der Waals surface area contributed by atoms with Crippen molar-refractivity contribution in [3.8, 4) is 46.1 Å². The second-order valence-corrected chi connectivity index (χ2v) is 13.4. The van der Waals surface area contributed by atoms with Crippen molar-refractivity contribution in [3.63, 3.8) is 0 Å². The van der Waals surface area contributed by atoms with Crippen molar-refractivity contribution in [2.24, 2.45) is 0 Å². The van der Waals surface area contributed by atoms with E-state index in [1.807, 2.05) is 42.5 Å². The summed E-state index contributed by atoms with van der Waals surface area (Å²) in [6.45, 7) is 2.12. The Morgan fingerprint density at radius 1 is 0.588 bits per heavy atom. The first-order valence-electron chi connectivity index (χ1n) is 16.9. The van der Waals surface area contributed by atoms with E-state index in [1.54, 1.807) is 0 Å². The molecule has 6 aromatic carbocycles. The molecule has 2 atom stereocenters. The number of hydrogen-bond acceptors (Lipinski definition) is 4. The van der Waals surface area contributed by atoms with E-state index in [4.69, 9.17) is 0 Å². The molecular formula is C46H29N5. The molecule has 0 fully saturated rings. The predicted octanol–water partition coefficient (Wildman–Crippen LogP) is 10.7. The molecular weight excluding hydrogens is 623 g/mol. The molecule has 238 valence electrons. The Kier molecular flexibility index (Phi) is 6.75. The van der Waals surface area contributed by atoms with Gasteiger partial charge in [0.1, 0.15) is 0 Å². The second-order valence-electron chi connectivity index (χ2n) is 13.4. The second kappa shape index (κ2) is 11.5. The molecule has 0 radical (unpaired) electrons. The van der Waals surface area contributed by atoms with Crippen LogP contribution in [0.2, 0.25) is 0 Å². The standard InChI is InChI=1S/C46H29N5/c1-46-26-31(28-48)18-20-45(46)50(44-19-17-30(27-47)23-40(44)46)36-22-32(29-49)21-35(25-36)33-9-8-10-34(24-33)37-11-2-5-14-41(37)51-42-15-6-3-12-38(42)39-13-4-7-16-43(39)51/h2-26,45H,1H3. The Morgan fingerprint density at radius 2 is 1.29 bits per heavy atom. The Bertz CT molecular complexity index is 2730. The van der Waals surface area contributed by atoms with Gasteiger partial charge in [-0.05, 0) is 95.9 Å². The molecule has 0 saturated carbocycles. The lowest BCUT2D eigenvalue weighted by atomic mass is 9.74. The number of aromatic nitrogens is 1. The lowest BCUT2D eigenvalue weighted by Gasteiger charge is -2.35. The van der Waals surface area contributed by atoms with Gasteiger partial charge in [0.2, 0.25) is 0 Å². The van der Waals surface area contributed by atoms with Crippen LogP contribution in [0.1, 0.15) is 23.6 Å². The van der Waals surface area contributed by atoms with Crippen molar-refractivity contribution in [3.05, 3.63) is 174 Å². The van der Waals surface area contributed by atoms with Crippen LogP contribution >= 0.6 is 0 Å². The Balaban J connectivity index is 1.19. The van der Waals surface area contributed by atoms with Gasteiger partial charge in [0.15, 0.2) is 0 Å². The molecule has 5 nitrogen and oxygen atoms in total. The number of nitriles is 3. The number of para-hydroxylation sites is 3. The summed E-state index contributed by atoms with van der Waals surface area (Å²) in [4.78, 5) is 2.24. The summed E-state index contributed by atoms with van der Waals surface area (Å²) in [5.41, 5.74) is 11.5. The van der Waals surface area contributed by atoms with Gasteiger partial charge in [0, 0.05) is 38.7 Å². The molecule has 51 heavy (non-hydrogen) atoms. The first-order chi connectivity index (χ1) is 25.0. The van der Waals surface area contributed by atoms with Gasteiger partial charge in [-0.1, -0.05) is 84.9 Å². The van der Waals surface area contributed by atoms with Crippen LogP contribution in [0.25, 0.3) is 49.7 Å². The van der Waals surface area contributed by atoms with Crippen molar-refractivity contribution in [1.29, 1.82) is 15.8 Å². The van der Waals surface area contributed by atoms with Gasteiger partial charge in [-0.15, -0.1) is 0 Å². The van der Waals surface area contributed by atoms with Crippen LogP contribution in [-0.2, 0) is 5.41 Å². The van der Waals surface area contributed by atoms with Crippen LogP contribution in [0.5, 0.6) is 0 Å². The minimum absolute atomic E-state index is 0.148. The highest BCUT2D eigenvalue weighted by molar-refractivity contribution is 6.09. The van der Waals surface area contributed by atoms with E-state index < -0.39 is 5.41 Å². The molecule has 0 bridgehead atoms. The summed E-state index contributed by atoms with van der Waals surface area (Å²) in [6, 6.07) is 52.7. The fourth-order valence-electron chi connectivity index (χ4n) is 8.15. The quantitative estimate of drug-likeness (QED) is 0.190. The third-order valence-electron chi connectivity index (χ3n) is 10.5. The molecule has 0 amide bonds. The molecule has 1 aliphatic carbocycles. The van der Waals surface area contributed by atoms with E-state index in [0.29, 0.717) is 16.7 Å². The number of hydrogen-bond donors (Lipinski definition) is 0. The summed E-state index contributed by atoms with van der Waals surface area (Å²) < 4.78 is 2.35. The third-order valence-corrected chi connectivity index (χ3v) is 10.5. The van der Waals surface area contributed by atoms with Crippen LogP contribution in [0.4, 0.5) is 11.4 Å². The Labute approximate surface area is 296 Å². The van der Waals surface area contributed by atoms with Crippen LogP contribution < -0.4 is 4.90 Å². The summed E-state index contributed by atoms with van der Waals surface area (Å²) in [6.07, 6.45) is 5.93. The number of benzene rings is 6. The average molecular weight is 652 g/mol. The normalized spacial score (nSPS) is 17.3. The van der Waals surface area contributed by atoms with E-state index in [0.717, 1.165) is 55.9 Å². The maximum Gasteiger partial charge on any atom is 0.0992 e. The molecule has 1 aliphatic heterocycles. The monoisotopic (exact) mass is 651 g/mol. The Hall–Kier alpha value is -7.13. The van der Waals surface area contributed by atoms with Crippen molar-refractivity contribution in [2.75, 3.05) is 4.90 Å². The molecule has 9 rings (SSSR count). The molecule has 0 spiro atoms. The fourth-order valence-corrected chi connectivity index (χ4v) is 8.15. The highest BCUT2D eigenvalue weighted by atomic mass is 15.2. The summed E-state index contributed by atoms with van der Waals surface area (Å²) >= 11 is 0. The topological polar surface area (TPSA) is 79.5 Å². The van der Waals surface area contributed by atoms with Crippen LogP contribution in [-0.4, -0.2) is 10.6 Å². The zero-order chi connectivity index (χ0) is 34.7. The molecule has 7 aromatic rings. The van der Waals surface area contributed by atoms with Crippen molar-refractivity contribution >= 4 is 33.2 Å². The van der Waals surface area contributed by atoms with Crippen LogP contribution in [0, 0.1) is 34.0 Å². The highest BCUT2D eigenvalue weighted by Gasteiger charge is 2.47. The van der Waals surface area contributed by atoms with E-state index >= 15 is 0 Å². The summed E-state index contributed by atoms with van der Waals surface area (Å²) in [5.74, 6) is 0. The first kappa shape index (κ1) is 30.0. The van der Waals surface area contributed by atoms with Gasteiger partial charge in [-0.3, -0.25) is 0 Å². The molecule has 2 heterocycles. The third kappa shape index (κ3) is 4.59. The SMILES string of the molecule is CC12C=C(C#N)C=CC1N(c1cc(C#N)cc(-c3cccc(-c4ccccc4-n4c5ccccc5c5ccccc54)c3)c1)c1ccc(C#N)cc12. The number of fused-ring (bicyclic) bond motifs is 6. The largest absolute Gasteiger partial charge is 0.333 e. The fraction of sp³-hybridized carbons (Fsp3) is 0.0652. The zero-order valence-corrected chi connectivity index (χ0v) is 27.7. The summed E-state index contributed by atoms with van der Waals surface area (Å²) in [7, 11) is 0. The number of rotatable bonds is 4. The minimum atomic E-state index is -0.540. The molecule has 0 saturated heterocycles. The lowest BCUT2D eigenvalue weighted by Crippen LogP contribution is -2.39. The van der Waals surface area contributed by atoms with Crippen LogP contribution in [0.3, 0.4) is 0 Å². The highest BCUT2D eigenvalue weighted by Crippen LogP contribution is 2.52. The molecule has 0 N–H and O–H groups in total. The summed E-state index contributed by atoms with van der Waals surface area (Å²) in [5, 5.41) is 32.2. The number of anilines is 2. The molecule has 5 heteroatoms. The van der Waals surface area contributed by atoms with Gasteiger partial charge in [0.25, 0.3) is 0 Å². The zero-order valence-electron chi connectivity index (χ0n) is 27.7. The minimum Gasteiger partial charge on any atom is -0.333 e. The lowest BCUT2D eigenvalue weighted by molar-refractivity contribution is 0.548. The number of nitrogens with zero attached hydrogens (tertiary/aromatic N) is 5. The molecule has 1 aromatic heterocycles. The smallest absolute Gasteiger partial charge is 0.0992 e. The maximum atomic E-state index is 10.3. The van der Waals surface area contributed by atoms with Crippen molar-refractivity contribution in [1.82, 2.24) is 4.57 Å². The van der Waals surface area contributed by atoms with Gasteiger partial charge < -0.3 is 9.47 Å². The van der Waals surface area contributed by atoms with Gasteiger partial charge in [-0.25, -0.2) is 0 Å². The number of allylic oxidation sites excluding steroid dienone is 2. The molecule has 2 aliphatic rings. The van der Waals surface area contributed by atoms with E-state index in [9.17, 15) is 15.8 Å². The van der Waals surface area contributed by atoms with Gasteiger partial charge in [0.05, 0.1) is 52.1 Å². The maximum absolute atomic E-state index is 10.3. The van der Waals surface area contributed by atoms with Crippen molar-refractivity contribution < 1.29 is 0 Å². The van der Waals surface area contributed by atoms with Crippen LogP contribution in [0.15, 0.2) is 157 Å². The van der Waals surface area contributed by atoms with E-state index in [-0.39, 0.29) is 6.04 Å². The Morgan fingerprint density at radius 3 is 2.04 bits per heavy atom. The predicted molar refractivity (Wildman–Crippen MR) is 204 cm³/mol. The average Bonchev–Trinajstić information content (AvgIpc) is 3.66. The van der Waals surface area contributed by atoms with E-state index in [1.165, 1.54) is 10.8 Å². The van der Waals surface area contributed by atoms with Crippen molar-refractivity contribution in [2.45, 2.75) is 18.4 Å². The van der Waals surface area contributed by atoms with E-state index in [2.05, 4.69) is 144 Å². The van der Waals surface area contributed by atoms with Gasteiger partial charge in [-0.2, -0.15) is 15.8 Å².